The van der Waals surface area contributed by atoms with E-state index in [1.807, 2.05) is 0 Å². The van der Waals surface area contributed by atoms with Crippen LogP contribution in [-0.2, 0) is 6.18 Å². The number of hydrogen-bond acceptors (Lipinski definition) is 5. The molecule has 3 aromatic rings. The van der Waals surface area contributed by atoms with Crippen molar-refractivity contribution >= 4 is 35.4 Å². The number of halogens is 5. The second-order valence-electron chi connectivity index (χ2n) is 5.25. The zero-order chi connectivity index (χ0) is 20.5. The van der Waals surface area contributed by atoms with Gasteiger partial charge in [0, 0.05) is 0 Å². The van der Waals surface area contributed by atoms with Gasteiger partial charge in [0.2, 0.25) is 0 Å². The summed E-state index contributed by atoms with van der Waals surface area (Å²) in [6.45, 7) is 0. The zero-order valence-electron chi connectivity index (χ0n) is 13.5. The predicted octanol–water partition coefficient (Wildman–Crippen LogP) is 4.23. The fourth-order valence-corrected chi connectivity index (χ4v) is 2.81. The van der Waals surface area contributed by atoms with E-state index in [0.29, 0.717) is 5.69 Å². The highest BCUT2D eigenvalue weighted by atomic mass is 35.5. The molecule has 7 nitrogen and oxygen atoms in total. The number of H-pyrrole nitrogens is 1. The Morgan fingerprint density at radius 2 is 1.79 bits per heavy atom. The van der Waals surface area contributed by atoms with Crippen molar-refractivity contribution in [3.05, 3.63) is 56.8 Å². The van der Waals surface area contributed by atoms with Gasteiger partial charge in [-0.3, -0.25) is 0 Å². The van der Waals surface area contributed by atoms with E-state index in [0.717, 1.165) is 16.9 Å². The molecule has 0 aliphatic carbocycles. The topological polar surface area (TPSA) is 107 Å². The van der Waals surface area contributed by atoms with Crippen molar-refractivity contribution in [1.82, 2.24) is 25.0 Å². The first-order chi connectivity index (χ1) is 13.2. The Labute approximate surface area is 165 Å². The summed E-state index contributed by atoms with van der Waals surface area (Å²) in [6, 6.07) is 5.05. The lowest BCUT2D eigenvalue weighted by atomic mass is 10.2. The molecule has 12 heteroatoms. The van der Waals surface area contributed by atoms with Crippen LogP contribution in [0.2, 0.25) is 10.0 Å². The van der Waals surface area contributed by atoms with Crippen LogP contribution in [-0.4, -0.2) is 25.0 Å². The zero-order valence-corrected chi connectivity index (χ0v) is 15.0. The lowest BCUT2D eigenvalue weighted by Gasteiger charge is -2.11. The van der Waals surface area contributed by atoms with Crippen LogP contribution in [0.5, 0.6) is 0 Å². The van der Waals surface area contributed by atoms with Crippen molar-refractivity contribution in [1.29, 1.82) is 10.5 Å². The van der Waals surface area contributed by atoms with E-state index in [-0.39, 0.29) is 32.9 Å². The molecule has 28 heavy (non-hydrogen) atoms. The average Bonchev–Trinajstić information content (AvgIpc) is 3.24. The number of nitrogens with zero attached hydrogens (tertiary/aromatic N) is 6. The number of nitrogens with one attached hydrogen (secondary N) is 1. The highest BCUT2D eigenvalue weighted by molar-refractivity contribution is 6.37. The Bertz CT molecular complexity index is 1110. The molecule has 0 aliphatic rings. The van der Waals surface area contributed by atoms with Gasteiger partial charge in [-0.05, 0) is 24.3 Å². The largest absolute Gasteiger partial charge is 0.416 e. The molecule has 0 atom stereocenters. The van der Waals surface area contributed by atoms with Crippen LogP contribution >= 0.6 is 23.2 Å². The molecule has 0 saturated heterocycles. The molecule has 0 unspecified atom stereocenters. The van der Waals surface area contributed by atoms with E-state index in [4.69, 9.17) is 33.7 Å². The number of nitriles is 2. The van der Waals surface area contributed by atoms with Crippen LogP contribution in [0.15, 0.2) is 18.3 Å². The molecule has 0 saturated carbocycles. The molecule has 3 rings (SSSR count). The lowest BCUT2D eigenvalue weighted by Crippen LogP contribution is -2.07. The second kappa shape index (κ2) is 7.35. The maximum absolute atomic E-state index is 12.8. The van der Waals surface area contributed by atoms with Crippen LogP contribution in [0.3, 0.4) is 0 Å². The van der Waals surface area contributed by atoms with Crippen molar-refractivity contribution in [3.63, 3.8) is 0 Å². The molecule has 0 radical (unpaired) electrons. The van der Waals surface area contributed by atoms with Crippen molar-refractivity contribution < 1.29 is 13.2 Å². The standard InChI is InChI=1S/C16H6Cl2F3N7/c17-10-3-8(16(19,20)21)4-11(18)15(10)28-24-7-9(27-28)1-2-14-25-12(5-22)13(6-23)26-14/h1-4,7H,(H,25,26)/b2-1+. The highest BCUT2D eigenvalue weighted by Gasteiger charge is 2.32. The summed E-state index contributed by atoms with van der Waals surface area (Å²) in [7, 11) is 0. The van der Waals surface area contributed by atoms with E-state index in [1.54, 1.807) is 12.1 Å². The predicted molar refractivity (Wildman–Crippen MR) is 93.3 cm³/mol. The first kappa shape index (κ1) is 19.4. The normalized spacial score (nSPS) is 11.5. The van der Waals surface area contributed by atoms with Crippen molar-refractivity contribution in [2.24, 2.45) is 0 Å². The van der Waals surface area contributed by atoms with Crippen molar-refractivity contribution in [2.45, 2.75) is 6.18 Å². The number of rotatable bonds is 3. The maximum Gasteiger partial charge on any atom is 0.416 e. The molecule has 0 spiro atoms. The van der Waals surface area contributed by atoms with Crippen molar-refractivity contribution in [3.8, 4) is 17.8 Å². The molecule has 2 heterocycles. The lowest BCUT2D eigenvalue weighted by molar-refractivity contribution is -0.137. The van der Waals surface area contributed by atoms with Gasteiger partial charge in [0.05, 0.1) is 21.8 Å². The van der Waals surface area contributed by atoms with Crippen LogP contribution in [0.4, 0.5) is 13.2 Å². The summed E-state index contributed by atoms with van der Waals surface area (Å²) < 4.78 is 38.4. The number of hydrogen-bond donors (Lipinski definition) is 1. The second-order valence-corrected chi connectivity index (χ2v) is 6.06. The molecule has 1 aromatic carbocycles. The third-order valence-corrected chi connectivity index (χ3v) is 3.98. The summed E-state index contributed by atoms with van der Waals surface area (Å²) in [5.74, 6) is 0.244. The third kappa shape index (κ3) is 3.83. The van der Waals surface area contributed by atoms with Gasteiger partial charge in [0.1, 0.15) is 29.3 Å². The number of benzene rings is 1. The van der Waals surface area contributed by atoms with Gasteiger partial charge in [-0.15, -0.1) is 9.90 Å². The summed E-state index contributed by atoms with van der Waals surface area (Å²) in [5, 5.41) is 25.2. The quantitative estimate of drug-likeness (QED) is 0.677. The highest BCUT2D eigenvalue weighted by Crippen LogP contribution is 2.37. The maximum atomic E-state index is 12.8. The minimum Gasteiger partial charge on any atom is -0.329 e. The fraction of sp³-hybridized carbons (Fsp3) is 0.0625. The van der Waals surface area contributed by atoms with Crippen LogP contribution in [0.1, 0.15) is 28.5 Å². The Kier molecular flexibility index (Phi) is 5.10. The van der Waals surface area contributed by atoms with Crippen LogP contribution in [0.25, 0.3) is 17.8 Å². The van der Waals surface area contributed by atoms with Crippen molar-refractivity contribution in [2.75, 3.05) is 0 Å². The molecule has 140 valence electrons. The molecule has 0 bridgehead atoms. The third-order valence-electron chi connectivity index (χ3n) is 3.41. The molecule has 2 aromatic heterocycles. The number of aromatic amines is 1. The Morgan fingerprint density at radius 1 is 1.11 bits per heavy atom. The molecule has 0 fully saturated rings. The Hall–Kier alpha value is -3.34. The van der Waals surface area contributed by atoms with E-state index < -0.39 is 11.7 Å². The summed E-state index contributed by atoms with van der Waals surface area (Å²) in [4.78, 5) is 7.55. The fourth-order valence-electron chi connectivity index (χ4n) is 2.18. The average molecular weight is 424 g/mol. The molecule has 1 N–H and O–H groups in total. The van der Waals surface area contributed by atoms with E-state index >= 15 is 0 Å². The first-order valence-corrected chi connectivity index (χ1v) is 8.05. The monoisotopic (exact) mass is 423 g/mol. The Balaban J connectivity index is 1.90. The van der Waals surface area contributed by atoms with E-state index in [2.05, 4.69) is 20.2 Å². The minimum absolute atomic E-state index is 0.00693. The van der Waals surface area contributed by atoms with Gasteiger partial charge >= 0.3 is 6.18 Å². The van der Waals surface area contributed by atoms with Gasteiger partial charge in [0.25, 0.3) is 0 Å². The van der Waals surface area contributed by atoms with E-state index in [9.17, 15) is 13.2 Å². The smallest absolute Gasteiger partial charge is 0.329 e. The number of alkyl halides is 3. The van der Waals surface area contributed by atoms with Crippen LogP contribution in [0, 0.1) is 22.7 Å². The summed E-state index contributed by atoms with van der Waals surface area (Å²) in [5.41, 5.74) is -0.714. The summed E-state index contributed by atoms with van der Waals surface area (Å²) >= 11 is 11.9. The Morgan fingerprint density at radius 3 is 2.32 bits per heavy atom. The number of imidazole rings is 1. The molecule has 0 aliphatic heterocycles. The SMILES string of the molecule is N#Cc1nc(/C=C/c2cnn(-c3c(Cl)cc(C(F)(F)F)cc3Cl)n2)[nH]c1C#N. The van der Waals surface area contributed by atoms with Gasteiger partial charge in [0.15, 0.2) is 11.4 Å². The van der Waals surface area contributed by atoms with Gasteiger partial charge < -0.3 is 4.98 Å². The van der Waals surface area contributed by atoms with Gasteiger partial charge in [-0.2, -0.15) is 28.8 Å². The number of aromatic nitrogens is 5. The van der Waals surface area contributed by atoms with Gasteiger partial charge in [-0.25, -0.2) is 4.98 Å². The first-order valence-electron chi connectivity index (χ1n) is 7.30. The molecular formula is C16H6Cl2F3N7. The van der Waals surface area contributed by atoms with Crippen LogP contribution < -0.4 is 0 Å². The summed E-state index contributed by atoms with van der Waals surface area (Å²) in [6.07, 6.45) is -0.354. The molecular weight excluding hydrogens is 418 g/mol. The minimum atomic E-state index is -4.59. The van der Waals surface area contributed by atoms with E-state index in [1.165, 1.54) is 18.3 Å². The molecule has 0 amide bonds. The van der Waals surface area contributed by atoms with Gasteiger partial charge in [-0.1, -0.05) is 23.2 Å².